The van der Waals surface area contributed by atoms with Crippen molar-refractivity contribution in [3.63, 3.8) is 0 Å². The maximum absolute atomic E-state index is 12.7. The zero-order valence-electron chi connectivity index (χ0n) is 36.9. The number of hydrogen-bond donors (Lipinski definition) is 0. The number of carbonyl (C=O) groups is 3. The van der Waals surface area contributed by atoms with Crippen LogP contribution in [0.3, 0.4) is 0 Å². The van der Waals surface area contributed by atoms with Crippen LogP contribution in [0.25, 0.3) is 0 Å². The molecule has 0 aromatic rings. The summed E-state index contributed by atoms with van der Waals surface area (Å²) < 4.78 is 16.7. The lowest BCUT2D eigenvalue weighted by Gasteiger charge is -2.18. The van der Waals surface area contributed by atoms with Gasteiger partial charge in [-0.15, -0.1) is 0 Å². The first-order valence-electron chi connectivity index (χ1n) is 23.6. The van der Waals surface area contributed by atoms with E-state index >= 15 is 0 Å². The van der Waals surface area contributed by atoms with Crippen LogP contribution in [0, 0.1) is 0 Å². The van der Waals surface area contributed by atoms with Crippen LogP contribution in [0.1, 0.15) is 233 Å². The number of hydrogen-bond acceptors (Lipinski definition) is 6. The molecule has 0 aromatic carbocycles. The van der Waals surface area contributed by atoms with E-state index in [2.05, 4.69) is 69.4 Å². The van der Waals surface area contributed by atoms with Crippen molar-refractivity contribution in [1.29, 1.82) is 0 Å². The molecular weight excluding hydrogens is 697 g/mol. The molecule has 0 aliphatic rings. The fourth-order valence-corrected chi connectivity index (χ4v) is 6.43. The highest BCUT2D eigenvalue weighted by atomic mass is 16.6. The average molecular weight is 785 g/mol. The molecular formula is C50H88O6. The van der Waals surface area contributed by atoms with E-state index in [9.17, 15) is 14.4 Å². The van der Waals surface area contributed by atoms with Crippen molar-refractivity contribution in [3.8, 4) is 0 Å². The monoisotopic (exact) mass is 785 g/mol. The first-order chi connectivity index (χ1) is 27.5. The summed E-state index contributed by atoms with van der Waals surface area (Å²) in [6.07, 6.45) is 52.3. The minimum absolute atomic E-state index is 0.0823. The summed E-state index contributed by atoms with van der Waals surface area (Å²) in [5.41, 5.74) is 0. The number of ether oxygens (including phenoxy) is 3. The second-order valence-corrected chi connectivity index (χ2v) is 15.7. The Kier molecular flexibility index (Phi) is 43.0. The molecule has 0 saturated carbocycles. The second-order valence-electron chi connectivity index (χ2n) is 15.7. The average Bonchev–Trinajstić information content (AvgIpc) is 3.19. The highest BCUT2D eigenvalue weighted by Crippen LogP contribution is 2.13. The van der Waals surface area contributed by atoms with Gasteiger partial charge in [-0.05, 0) is 77.0 Å². The van der Waals surface area contributed by atoms with Crippen LogP contribution in [0.4, 0.5) is 0 Å². The van der Waals surface area contributed by atoms with Gasteiger partial charge >= 0.3 is 17.9 Å². The quantitative estimate of drug-likeness (QED) is 0.0265. The Morgan fingerprint density at radius 2 is 0.661 bits per heavy atom. The van der Waals surface area contributed by atoms with Crippen LogP contribution < -0.4 is 0 Å². The summed E-state index contributed by atoms with van der Waals surface area (Å²) >= 11 is 0. The summed E-state index contributed by atoms with van der Waals surface area (Å²) in [5, 5.41) is 0. The molecule has 0 aliphatic carbocycles. The van der Waals surface area contributed by atoms with Gasteiger partial charge in [-0.25, -0.2) is 0 Å². The lowest BCUT2D eigenvalue weighted by Crippen LogP contribution is -2.30. The lowest BCUT2D eigenvalue weighted by atomic mass is 10.1. The van der Waals surface area contributed by atoms with Gasteiger partial charge < -0.3 is 14.2 Å². The normalized spacial score (nSPS) is 12.4. The highest BCUT2D eigenvalue weighted by Gasteiger charge is 2.19. The molecule has 0 rings (SSSR count). The molecule has 1 unspecified atom stereocenters. The van der Waals surface area contributed by atoms with Crippen LogP contribution in [-0.4, -0.2) is 37.2 Å². The molecule has 0 N–H and O–H groups in total. The minimum Gasteiger partial charge on any atom is -0.462 e. The summed E-state index contributed by atoms with van der Waals surface area (Å²) in [7, 11) is 0. The Morgan fingerprint density at radius 3 is 1.07 bits per heavy atom. The van der Waals surface area contributed by atoms with Gasteiger partial charge in [-0.3, -0.25) is 14.4 Å². The fraction of sp³-hybridized carbons (Fsp3) is 0.780. The van der Waals surface area contributed by atoms with E-state index in [1.807, 2.05) is 0 Å². The maximum atomic E-state index is 12.7. The van der Waals surface area contributed by atoms with Gasteiger partial charge in [-0.1, -0.05) is 185 Å². The molecule has 0 fully saturated rings. The van der Waals surface area contributed by atoms with Gasteiger partial charge in [0, 0.05) is 19.3 Å². The molecule has 324 valence electrons. The summed E-state index contributed by atoms with van der Waals surface area (Å²) in [4.78, 5) is 37.7. The van der Waals surface area contributed by atoms with Crippen LogP contribution in [0.2, 0.25) is 0 Å². The van der Waals surface area contributed by atoms with Crippen molar-refractivity contribution in [3.05, 3.63) is 48.6 Å². The van der Waals surface area contributed by atoms with Crippen LogP contribution in [0.5, 0.6) is 0 Å². The molecule has 0 bridgehead atoms. The number of rotatable bonds is 42. The van der Waals surface area contributed by atoms with Crippen LogP contribution >= 0.6 is 0 Å². The van der Waals surface area contributed by atoms with E-state index in [4.69, 9.17) is 14.2 Å². The van der Waals surface area contributed by atoms with Gasteiger partial charge in [0.2, 0.25) is 0 Å². The predicted octanol–water partition coefficient (Wildman–Crippen LogP) is 15.1. The molecule has 0 radical (unpaired) electrons. The van der Waals surface area contributed by atoms with Crippen molar-refractivity contribution >= 4 is 17.9 Å². The van der Waals surface area contributed by atoms with E-state index in [0.717, 1.165) is 103 Å². The molecule has 0 amide bonds. The van der Waals surface area contributed by atoms with Crippen molar-refractivity contribution in [2.45, 2.75) is 239 Å². The minimum atomic E-state index is -0.781. The standard InChI is InChI=1S/C50H88O6/c1-4-7-10-13-16-19-21-23-25-27-28-31-34-37-40-43-49(52)55-46-47(45-54-48(51)42-39-36-33-30-18-15-12-9-6-3)56-50(53)44-41-38-35-32-29-26-24-22-20-17-14-11-8-5-2/h14,16-17,19,22-25,47H,4-13,15,18,20-21,26-46H2,1-3H3/b17-14-,19-16-,24-22-,25-23-. The molecule has 56 heavy (non-hydrogen) atoms. The predicted molar refractivity (Wildman–Crippen MR) is 238 cm³/mol. The molecule has 0 aliphatic heterocycles. The van der Waals surface area contributed by atoms with Gasteiger partial charge in [0.05, 0.1) is 0 Å². The van der Waals surface area contributed by atoms with Crippen molar-refractivity contribution in [2.75, 3.05) is 13.2 Å². The zero-order chi connectivity index (χ0) is 40.8. The maximum Gasteiger partial charge on any atom is 0.306 e. The largest absolute Gasteiger partial charge is 0.462 e. The number of carbonyl (C=O) groups excluding carboxylic acids is 3. The fourth-order valence-electron chi connectivity index (χ4n) is 6.43. The van der Waals surface area contributed by atoms with Crippen molar-refractivity contribution < 1.29 is 28.6 Å². The van der Waals surface area contributed by atoms with Crippen molar-refractivity contribution in [1.82, 2.24) is 0 Å². The molecule has 6 heteroatoms. The lowest BCUT2D eigenvalue weighted by molar-refractivity contribution is -0.167. The summed E-state index contributed by atoms with van der Waals surface area (Å²) in [5.74, 6) is -0.913. The topological polar surface area (TPSA) is 78.9 Å². The third-order valence-electron chi connectivity index (χ3n) is 10.1. The number of allylic oxidation sites excluding steroid dienone is 8. The molecule has 0 aromatic heterocycles. The van der Waals surface area contributed by atoms with E-state index in [0.29, 0.717) is 19.3 Å². The third kappa shape index (κ3) is 42.5. The molecule has 6 nitrogen and oxygen atoms in total. The van der Waals surface area contributed by atoms with E-state index in [1.54, 1.807) is 0 Å². The highest BCUT2D eigenvalue weighted by molar-refractivity contribution is 5.71. The van der Waals surface area contributed by atoms with Gasteiger partial charge in [-0.2, -0.15) is 0 Å². The van der Waals surface area contributed by atoms with Gasteiger partial charge in [0.15, 0.2) is 6.10 Å². The molecule has 0 saturated heterocycles. The Bertz CT molecular complexity index is 996. The molecule has 1 atom stereocenters. The molecule has 0 spiro atoms. The van der Waals surface area contributed by atoms with E-state index in [1.165, 1.54) is 89.9 Å². The van der Waals surface area contributed by atoms with E-state index in [-0.39, 0.29) is 31.1 Å². The Hall–Kier alpha value is -2.63. The number of unbranched alkanes of at least 4 members (excludes halogenated alkanes) is 23. The third-order valence-corrected chi connectivity index (χ3v) is 10.1. The van der Waals surface area contributed by atoms with Crippen LogP contribution in [0.15, 0.2) is 48.6 Å². The summed E-state index contributed by atoms with van der Waals surface area (Å²) in [6.45, 7) is 6.52. The van der Waals surface area contributed by atoms with E-state index < -0.39 is 6.10 Å². The number of esters is 3. The summed E-state index contributed by atoms with van der Waals surface area (Å²) in [6, 6.07) is 0. The van der Waals surface area contributed by atoms with Gasteiger partial charge in [0.1, 0.15) is 13.2 Å². The van der Waals surface area contributed by atoms with Crippen LogP contribution in [-0.2, 0) is 28.6 Å². The smallest absolute Gasteiger partial charge is 0.306 e. The van der Waals surface area contributed by atoms with Gasteiger partial charge in [0.25, 0.3) is 0 Å². The Morgan fingerprint density at radius 1 is 0.357 bits per heavy atom. The van der Waals surface area contributed by atoms with Crippen molar-refractivity contribution in [2.24, 2.45) is 0 Å². The SMILES string of the molecule is CCCC/C=C\C/C=C\CCCCCCCC(=O)OC(COC(=O)CCCCCCC/C=C\C/C=C\CCCCC)COC(=O)CCCCCCCCCCC. The Balaban J connectivity index is 4.39. The Labute approximate surface area is 346 Å². The first-order valence-corrected chi connectivity index (χ1v) is 23.6. The molecule has 0 heterocycles. The zero-order valence-corrected chi connectivity index (χ0v) is 36.9. The second kappa shape index (κ2) is 45.1. The first kappa shape index (κ1) is 53.4.